The van der Waals surface area contributed by atoms with Gasteiger partial charge in [0.05, 0.1) is 24.7 Å². The van der Waals surface area contributed by atoms with Crippen molar-refractivity contribution in [3.05, 3.63) is 53.9 Å². The monoisotopic (exact) mass is 538 g/mol. The molecule has 0 radical (unpaired) electrons. The maximum atomic E-state index is 12.8. The lowest BCUT2D eigenvalue weighted by atomic mass is 9.84. The highest BCUT2D eigenvalue weighted by Gasteiger charge is 2.42. The molecular weight excluding hydrogens is 503 g/mol. The molecule has 1 aromatic heterocycles. The second-order valence-electron chi connectivity index (χ2n) is 8.27. The average Bonchev–Trinajstić information content (AvgIpc) is 3.40. The van der Waals surface area contributed by atoms with Crippen LogP contribution in [0.4, 0.5) is 0 Å². The van der Waals surface area contributed by atoms with Crippen molar-refractivity contribution in [2.24, 2.45) is 10.4 Å². The van der Waals surface area contributed by atoms with Crippen LogP contribution in [0.3, 0.4) is 0 Å². The van der Waals surface area contributed by atoms with E-state index in [1.807, 2.05) is 56.3 Å². The molecule has 1 aliphatic rings. The third-order valence-electron chi connectivity index (χ3n) is 5.65. The van der Waals surface area contributed by atoms with Gasteiger partial charge in [-0.25, -0.2) is 4.99 Å². The third-order valence-corrected chi connectivity index (χ3v) is 5.65. The van der Waals surface area contributed by atoms with Crippen LogP contribution in [-0.4, -0.2) is 53.7 Å². The Balaban J connectivity index is 0.00000341. The number of halogens is 1. The number of aromatic nitrogens is 2. The summed E-state index contributed by atoms with van der Waals surface area (Å²) in [6.07, 6.45) is 7.98. The molecule has 1 fully saturated rings. The van der Waals surface area contributed by atoms with E-state index in [1.165, 1.54) is 5.56 Å². The molecule has 2 aromatic rings. The number of rotatable bonds is 8. The number of nitrogens with zero attached hydrogens (tertiary/aromatic N) is 4. The van der Waals surface area contributed by atoms with E-state index in [0.29, 0.717) is 13.1 Å². The quantitative estimate of drug-likeness (QED) is 0.308. The standard InChI is InChI=1S/C23H34N6O.HI/c1-4-24-22(26-18-23(12-8-9-13-23)21(30)28(2)3)25-14-20-15-27-29(17-20)16-19-10-6-5-7-11-19;/h5-7,10-11,15,17H,4,8-9,12-14,16,18H2,1-3H3,(H2,24,25,26);1H. The summed E-state index contributed by atoms with van der Waals surface area (Å²) in [6.45, 7) is 4.72. The summed E-state index contributed by atoms with van der Waals surface area (Å²) in [7, 11) is 3.68. The van der Waals surface area contributed by atoms with Gasteiger partial charge in [-0.1, -0.05) is 43.2 Å². The van der Waals surface area contributed by atoms with Crippen LogP contribution in [0.25, 0.3) is 0 Å². The maximum Gasteiger partial charge on any atom is 0.230 e. The Morgan fingerprint density at radius 1 is 1.16 bits per heavy atom. The van der Waals surface area contributed by atoms with Crippen LogP contribution in [0.1, 0.15) is 43.7 Å². The number of aliphatic imine (C=N–C) groups is 1. The second-order valence-corrected chi connectivity index (χ2v) is 8.27. The van der Waals surface area contributed by atoms with E-state index >= 15 is 0 Å². The number of nitrogens with one attached hydrogen (secondary N) is 2. The maximum absolute atomic E-state index is 12.8. The number of hydrogen-bond acceptors (Lipinski definition) is 3. The fourth-order valence-electron chi connectivity index (χ4n) is 4.10. The van der Waals surface area contributed by atoms with Crippen LogP contribution in [0.2, 0.25) is 0 Å². The molecule has 170 valence electrons. The molecule has 1 heterocycles. The molecule has 8 heteroatoms. The predicted octanol–water partition coefficient (Wildman–Crippen LogP) is 3.25. The van der Waals surface area contributed by atoms with Crippen LogP contribution < -0.4 is 10.6 Å². The molecule has 0 unspecified atom stereocenters. The minimum atomic E-state index is -0.319. The van der Waals surface area contributed by atoms with Gasteiger partial charge in [0.15, 0.2) is 5.96 Å². The Labute approximate surface area is 202 Å². The molecule has 0 saturated heterocycles. The van der Waals surface area contributed by atoms with Crippen molar-refractivity contribution in [1.82, 2.24) is 25.3 Å². The van der Waals surface area contributed by atoms with Crippen LogP contribution in [0.15, 0.2) is 47.7 Å². The molecule has 0 spiro atoms. The molecule has 0 bridgehead atoms. The van der Waals surface area contributed by atoms with E-state index in [0.717, 1.165) is 50.3 Å². The molecule has 3 rings (SSSR count). The highest BCUT2D eigenvalue weighted by molar-refractivity contribution is 14.0. The van der Waals surface area contributed by atoms with Gasteiger partial charge in [0, 0.05) is 38.9 Å². The minimum absolute atomic E-state index is 0. The molecule has 1 aliphatic carbocycles. The van der Waals surface area contributed by atoms with Crippen molar-refractivity contribution in [2.45, 2.75) is 45.7 Å². The highest BCUT2D eigenvalue weighted by atomic mass is 127. The van der Waals surface area contributed by atoms with E-state index < -0.39 is 0 Å². The number of amides is 1. The van der Waals surface area contributed by atoms with Gasteiger partial charge in [-0.3, -0.25) is 9.48 Å². The zero-order valence-corrected chi connectivity index (χ0v) is 21.1. The van der Waals surface area contributed by atoms with Gasteiger partial charge in [-0.15, -0.1) is 24.0 Å². The number of carbonyl (C=O) groups excluding carboxylic acids is 1. The summed E-state index contributed by atoms with van der Waals surface area (Å²) >= 11 is 0. The largest absolute Gasteiger partial charge is 0.357 e. The minimum Gasteiger partial charge on any atom is -0.357 e. The van der Waals surface area contributed by atoms with Gasteiger partial charge in [0.25, 0.3) is 0 Å². The molecule has 2 N–H and O–H groups in total. The first-order valence-corrected chi connectivity index (χ1v) is 10.8. The fraction of sp³-hybridized carbons (Fsp3) is 0.522. The highest BCUT2D eigenvalue weighted by Crippen LogP contribution is 2.38. The average molecular weight is 538 g/mol. The first-order chi connectivity index (χ1) is 14.5. The first kappa shape index (κ1) is 25.2. The van der Waals surface area contributed by atoms with Crippen molar-refractivity contribution in [3.8, 4) is 0 Å². The van der Waals surface area contributed by atoms with Gasteiger partial charge in [-0.05, 0) is 25.3 Å². The topological polar surface area (TPSA) is 74.5 Å². The Bertz CT molecular complexity index is 843. The number of guanidine groups is 1. The van der Waals surface area contributed by atoms with E-state index in [-0.39, 0.29) is 35.3 Å². The lowest BCUT2D eigenvalue weighted by molar-refractivity contribution is -0.138. The fourth-order valence-corrected chi connectivity index (χ4v) is 4.10. The van der Waals surface area contributed by atoms with Crippen molar-refractivity contribution >= 4 is 35.8 Å². The zero-order chi connectivity index (χ0) is 21.4. The van der Waals surface area contributed by atoms with Crippen LogP contribution in [-0.2, 0) is 17.9 Å². The lowest BCUT2D eigenvalue weighted by Crippen LogP contribution is -2.49. The lowest BCUT2D eigenvalue weighted by Gasteiger charge is -2.31. The van der Waals surface area contributed by atoms with E-state index in [2.05, 4.69) is 27.9 Å². The molecule has 7 nitrogen and oxygen atoms in total. The molecule has 0 aliphatic heterocycles. The summed E-state index contributed by atoms with van der Waals surface area (Å²) in [6, 6.07) is 10.3. The summed E-state index contributed by atoms with van der Waals surface area (Å²) in [5.41, 5.74) is 1.96. The van der Waals surface area contributed by atoms with Gasteiger partial charge < -0.3 is 15.5 Å². The molecule has 1 aromatic carbocycles. The van der Waals surface area contributed by atoms with Crippen LogP contribution in [0.5, 0.6) is 0 Å². The summed E-state index contributed by atoms with van der Waals surface area (Å²) < 4.78 is 1.93. The molecule has 31 heavy (non-hydrogen) atoms. The van der Waals surface area contributed by atoms with Crippen molar-refractivity contribution < 1.29 is 4.79 Å². The Morgan fingerprint density at radius 3 is 2.52 bits per heavy atom. The van der Waals surface area contributed by atoms with Gasteiger partial charge in [0.2, 0.25) is 5.91 Å². The van der Waals surface area contributed by atoms with Gasteiger partial charge in [-0.2, -0.15) is 5.10 Å². The molecule has 0 atom stereocenters. The first-order valence-electron chi connectivity index (χ1n) is 10.8. The van der Waals surface area contributed by atoms with E-state index in [9.17, 15) is 4.79 Å². The second kappa shape index (κ2) is 12.1. The van der Waals surface area contributed by atoms with Crippen LogP contribution >= 0.6 is 24.0 Å². The molecular formula is C23H35IN6O. The Hall–Kier alpha value is -2.10. The van der Waals surface area contributed by atoms with E-state index in [1.54, 1.807) is 4.90 Å². The van der Waals surface area contributed by atoms with Crippen molar-refractivity contribution in [1.29, 1.82) is 0 Å². The smallest absolute Gasteiger partial charge is 0.230 e. The Morgan fingerprint density at radius 2 is 1.87 bits per heavy atom. The molecule has 1 amide bonds. The van der Waals surface area contributed by atoms with Crippen molar-refractivity contribution in [3.63, 3.8) is 0 Å². The predicted molar refractivity (Wildman–Crippen MR) is 136 cm³/mol. The summed E-state index contributed by atoms with van der Waals surface area (Å²) in [5.74, 6) is 0.955. The zero-order valence-electron chi connectivity index (χ0n) is 18.8. The van der Waals surface area contributed by atoms with Crippen LogP contribution in [0, 0.1) is 5.41 Å². The van der Waals surface area contributed by atoms with Crippen molar-refractivity contribution in [2.75, 3.05) is 27.2 Å². The van der Waals surface area contributed by atoms with Gasteiger partial charge in [0.1, 0.15) is 0 Å². The number of carbonyl (C=O) groups is 1. The normalized spacial score (nSPS) is 15.3. The third kappa shape index (κ3) is 6.95. The Kier molecular flexibility index (Phi) is 9.80. The molecule has 1 saturated carbocycles. The van der Waals surface area contributed by atoms with Gasteiger partial charge >= 0.3 is 0 Å². The summed E-state index contributed by atoms with van der Waals surface area (Å²) in [4.78, 5) is 19.2. The number of hydrogen-bond donors (Lipinski definition) is 2. The summed E-state index contributed by atoms with van der Waals surface area (Å²) in [5, 5.41) is 11.2. The number of benzene rings is 1. The van der Waals surface area contributed by atoms with E-state index in [4.69, 9.17) is 4.99 Å². The SMILES string of the molecule is CCNC(=NCc1cnn(Cc2ccccc2)c1)NCC1(C(=O)N(C)C)CCCC1.I.